The van der Waals surface area contributed by atoms with Crippen LogP contribution in [0.2, 0.25) is 10.0 Å². The average Bonchev–Trinajstić information content (AvgIpc) is 3.25. The highest BCUT2D eigenvalue weighted by atomic mass is 35.7. The van der Waals surface area contributed by atoms with Gasteiger partial charge in [0.15, 0.2) is 0 Å². The molecule has 23 heteroatoms. The molecular formula is C44H59Cl3N8O10S2. The molecule has 67 heavy (non-hydrogen) atoms. The van der Waals surface area contributed by atoms with Crippen molar-refractivity contribution < 1.29 is 45.5 Å². The fraction of sp³-hybridized carbons (Fsp3) is 0.364. The van der Waals surface area contributed by atoms with Crippen LogP contribution in [0.1, 0.15) is 59.5 Å². The number of nitrogens with two attached hydrogens (primary N) is 1. The van der Waals surface area contributed by atoms with E-state index in [1.165, 1.54) is 54.4 Å². The van der Waals surface area contributed by atoms with Gasteiger partial charge in [0.2, 0.25) is 11.8 Å². The molecule has 0 heterocycles. The molecule has 4 aromatic rings. The van der Waals surface area contributed by atoms with Crippen molar-refractivity contribution in [2.45, 2.75) is 64.8 Å². The summed E-state index contributed by atoms with van der Waals surface area (Å²) in [5.41, 5.74) is 8.96. The third kappa shape index (κ3) is 20.2. The van der Waals surface area contributed by atoms with Crippen LogP contribution in [0, 0.1) is 0 Å². The number of nitrogens with one attached hydrogen (secondary N) is 5. The van der Waals surface area contributed by atoms with Gasteiger partial charge < -0.3 is 36.5 Å². The largest absolute Gasteiger partial charge is 0.489 e. The van der Waals surface area contributed by atoms with Crippen molar-refractivity contribution in [3.63, 3.8) is 0 Å². The summed E-state index contributed by atoms with van der Waals surface area (Å²) < 4.78 is 59.5. The first kappa shape index (κ1) is 57.8. The van der Waals surface area contributed by atoms with Crippen molar-refractivity contribution in [1.82, 2.24) is 29.9 Å². The van der Waals surface area contributed by atoms with Crippen LogP contribution in [-0.4, -0.2) is 116 Å². The highest BCUT2D eigenvalue weighted by Crippen LogP contribution is 2.28. The van der Waals surface area contributed by atoms with Crippen LogP contribution in [0.4, 0.5) is 11.4 Å². The molecule has 0 saturated heterocycles. The zero-order valence-electron chi connectivity index (χ0n) is 38.8. The van der Waals surface area contributed by atoms with Crippen molar-refractivity contribution in [1.29, 1.82) is 0 Å². The summed E-state index contributed by atoms with van der Waals surface area (Å²) in [5.74, 6) is -0.532. The van der Waals surface area contributed by atoms with Gasteiger partial charge in [-0.15, -0.1) is 0 Å². The van der Waals surface area contributed by atoms with E-state index in [9.17, 15) is 36.0 Å². The molecule has 0 saturated carbocycles. The number of likely N-dealkylation sites (N-methyl/N-ethyl adjacent to an activating group) is 2. The molecule has 0 aromatic heterocycles. The lowest BCUT2D eigenvalue weighted by molar-refractivity contribution is -0.123. The zero-order valence-corrected chi connectivity index (χ0v) is 42.7. The molecule has 0 aliphatic rings. The van der Waals surface area contributed by atoms with Crippen LogP contribution in [0.25, 0.3) is 0 Å². The summed E-state index contributed by atoms with van der Waals surface area (Å²) in [6.07, 6.45) is 0.451. The zero-order chi connectivity index (χ0) is 50.8. The van der Waals surface area contributed by atoms with Gasteiger partial charge in [-0.25, -0.2) is 0 Å². The molecule has 0 radical (unpaired) electrons. The number of hydrogen-bond acceptors (Lipinski definition) is 11. The number of amides is 4. The van der Waals surface area contributed by atoms with E-state index in [1.807, 2.05) is 39.8 Å². The monoisotopic (exact) mass is 1030 g/mol. The van der Waals surface area contributed by atoms with E-state index in [1.54, 1.807) is 60.7 Å². The average molecular weight is 1030 g/mol. The van der Waals surface area contributed by atoms with E-state index in [0.717, 1.165) is 19.7 Å². The number of rotatable bonds is 18. The predicted octanol–water partition coefficient (Wildman–Crippen LogP) is 5.26. The van der Waals surface area contributed by atoms with Crippen molar-refractivity contribution >= 4 is 88.3 Å². The summed E-state index contributed by atoms with van der Waals surface area (Å²) in [6, 6.07) is 21.6. The molecule has 4 rings (SSSR count). The quantitative estimate of drug-likeness (QED) is 0.0554. The molecule has 2 unspecified atom stereocenters. The van der Waals surface area contributed by atoms with E-state index in [0.29, 0.717) is 50.5 Å². The van der Waals surface area contributed by atoms with Gasteiger partial charge in [-0.2, -0.15) is 25.4 Å². The molecule has 0 bridgehead atoms. The lowest BCUT2D eigenvalue weighted by atomic mass is 10.0. The molecule has 18 nitrogen and oxygen atoms in total. The summed E-state index contributed by atoms with van der Waals surface area (Å²) in [4.78, 5) is 49.9. The molecule has 0 spiro atoms. The Morgan fingerprint density at radius 3 is 1.27 bits per heavy atom. The Kier molecular flexibility index (Phi) is 23.2. The van der Waals surface area contributed by atoms with Gasteiger partial charge in [0.05, 0.1) is 22.3 Å². The number of nitrogen functional groups attached to an aromatic ring is 1. The van der Waals surface area contributed by atoms with E-state index >= 15 is 0 Å². The Bertz CT molecular complexity index is 2510. The molecule has 0 aliphatic heterocycles. The lowest BCUT2D eigenvalue weighted by Gasteiger charge is -2.19. The topological polar surface area (TPSA) is 248 Å². The number of halogens is 3. The van der Waals surface area contributed by atoms with Crippen LogP contribution in [0.15, 0.2) is 84.9 Å². The van der Waals surface area contributed by atoms with Gasteiger partial charge in [0.1, 0.15) is 23.6 Å². The maximum Gasteiger partial charge on any atom is 0.301 e. The molecular weight excluding hydrogens is 971 g/mol. The summed E-state index contributed by atoms with van der Waals surface area (Å²) in [5, 5.41) is 11.2. The Labute approximate surface area is 407 Å². The summed E-state index contributed by atoms with van der Waals surface area (Å²) in [6.45, 7) is 7.52. The van der Waals surface area contributed by atoms with E-state index in [2.05, 4.69) is 26.0 Å². The first-order valence-corrected chi connectivity index (χ1v) is 24.9. The number of hydrogen-bond donors (Lipinski definition) is 6. The standard InChI is InChI=1S/C22H29ClN4O5S.C20H24ClN3O3.C2H6ClNO2S/c1-14(2)32-20-11-8-16(13-18(20)23)21(28)25-19(22(29)24-3)12-15-6-9-17(10-7-15)26-33(30,31)27(4)5;1-12(2)27-18-9-6-14(11-16(18)21)19(25)24-17(20(26)23-3)10-13-4-7-15(22)8-5-13;1-4(2)7(3,5)6/h6-11,13-14,19,26H,12H2,1-5H3,(H,24,29)(H,25,28);4-9,11-12,17H,10,22H2,1-3H3,(H,23,26)(H,24,25);1-2H3. The highest BCUT2D eigenvalue weighted by Gasteiger charge is 2.24. The fourth-order valence-corrected chi connectivity index (χ4v) is 6.37. The first-order valence-electron chi connectivity index (χ1n) is 20.4. The predicted molar refractivity (Wildman–Crippen MR) is 264 cm³/mol. The third-order valence-electron chi connectivity index (χ3n) is 8.83. The molecule has 368 valence electrons. The van der Waals surface area contributed by atoms with E-state index < -0.39 is 43.3 Å². The van der Waals surface area contributed by atoms with Crippen molar-refractivity contribution in [2.24, 2.45) is 0 Å². The minimum Gasteiger partial charge on any atom is -0.489 e. The lowest BCUT2D eigenvalue weighted by Crippen LogP contribution is -2.47. The first-order chi connectivity index (χ1) is 31.2. The second kappa shape index (κ2) is 26.9. The summed E-state index contributed by atoms with van der Waals surface area (Å²) in [7, 11) is 6.29. The molecule has 4 aromatic carbocycles. The second-order valence-corrected chi connectivity index (χ2v) is 20.8. The number of carbonyl (C=O) groups is 4. The maximum atomic E-state index is 12.8. The van der Waals surface area contributed by atoms with Crippen LogP contribution >= 0.6 is 33.9 Å². The Hall–Kier alpha value is -5.35. The van der Waals surface area contributed by atoms with Crippen LogP contribution in [-0.2, 0) is 41.9 Å². The molecule has 4 amide bonds. The number of anilines is 2. The van der Waals surface area contributed by atoms with Gasteiger partial charge >= 0.3 is 10.2 Å². The minimum atomic E-state index is -3.62. The van der Waals surface area contributed by atoms with E-state index in [4.69, 9.17) is 49.1 Å². The smallest absolute Gasteiger partial charge is 0.301 e. The third-order valence-corrected chi connectivity index (χ3v) is 12.6. The number of ether oxygens (including phenoxy) is 2. The van der Waals surface area contributed by atoms with Crippen molar-refractivity contribution in [3.05, 3.63) is 117 Å². The van der Waals surface area contributed by atoms with Gasteiger partial charge in [-0.3, -0.25) is 23.9 Å². The van der Waals surface area contributed by atoms with Crippen LogP contribution in [0.5, 0.6) is 11.5 Å². The maximum absolute atomic E-state index is 12.8. The van der Waals surface area contributed by atoms with Crippen molar-refractivity contribution in [2.75, 3.05) is 52.7 Å². The Morgan fingerprint density at radius 2 is 0.970 bits per heavy atom. The molecule has 7 N–H and O–H groups in total. The van der Waals surface area contributed by atoms with Gasteiger partial charge in [-0.05, 0) is 99.5 Å². The van der Waals surface area contributed by atoms with Crippen LogP contribution < -0.4 is 41.2 Å². The van der Waals surface area contributed by atoms with E-state index in [-0.39, 0.29) is 30.4 Å². The van der Waals surface area contributed by atoms with Crippen LogP contribution in [0.3, 0.4) is 0 Å². The highest BCUT2D eigenvalue weighted by molar-refractivity contribution is 8.11. The van der Waals surface area contributed by atoms with Crippen molar-refractivity contribution in [3.8, 4) is 11.5 Å². The number of carbonyl (C=O) groups excluding carboxylic acids is 4. The SMILES string of the molecule is CN(C)S(=O)(=O)Cl.CNC(=O)C(Cc1ccc(N)cc1)NC(=O)c1ccc(OC(C)C)c(Cl)c1.CNC(=O)C(Cc1ccc(NS(=O)(=O)N(C)C)cc1)NC(=O)c1ccc(OC(C)C)c(Cl)c1. The van der Waals surface area contributed by atoms with Gasteiger partial charge in [0, 0.05) is 88.3 Å². The van der Waals surface area contributed by atoms with Gasteiger partial charge in [0.25, 0.3) is 21.1 Å². The second-order valence-electron chi connectivity index (χ2n) is 15.4. The normalized spacial score (nSPS) is 12.1. The number of benzene rings is 4. The minimum absolute atomic E-state index is 0.0280. The Morgan fingerprint density at radius 1 is 0.612 bits per heavy atom. The van der Waals surface area contributed by atoms with Gasteiger partial charge in [-0.1, -0.05) is 47.5 Å². The fourth-order valence-electron chi connectivity index (χ4n) is 5.31. The number of nitrogens with zero attached hydrogens (tertiary/aromatic N) is 2. The molecule has 0 fully saturated rings. The summed E-state index contributed by atoms with van der Waals surface area (Å²) >= 11 is 12.4. The molecule has 0 aliphatic carbocycles. The molecule has 2 atom stereocenters. The Balaban J connectivity index is 0.000000408.